The predicted octanol–water partition coefficient (Wildman–Crippen LogP) is 4.78. The molecule has 7 heteroatoms. The molecule has 0 spiro atoms. The van der Waals surface area contributed by atoms with Crippen molar-refractivity contribution in [3.63, 3.8) is 0 Å². The van der Waals surface area contributed by atoms with Crippen LogP contribution in [0.3, 0.4) is 0 Å². The fourth-order valence-corrected chi connectivity index (χ4v) is 5.25. The number of benzene rings is 2. The Hall–Kier alpha value is -3.11. The molecular formula is C28H38N2O5. The van der Waals surface area contributed by atoms with Crippen LogP contribution in [0.5, 0.6) is 28.7 Å². The molecule has 0 aromatic heterocycles. The minimum atomic E-state index is -0.486. The van der Waals surface area contributed by atoms with E-state index in [9.17, 15) is 5.26 Å². The average Bonchev–Trinajstić information content (AvgIpc) is 2.90. The third-order valence-corrected chi connectivity index (χ3v) is 7.10. The van der Waals surface area contributed by atoms with Crippen molar-refractivity contribution in [3.05, 3.63) is 41.0 Å². The van der Waals surface area contributed by atoms with Gasteiger partial charge < -0.3 is 28.6 Å². The monoisotopic (exact) mass is 482 g/mol. The number of methoxy groups -OCH3 is 5. The van der Waals surface area contributed by atoms with E-state index in [0.29, 0.717) is 17.2 Å². The van der Waals surface area contributed by atoms with Gasteiger partial charge in [0.05, 0.1) is 47.0 Å². The molecule has 0 N–H and O–H groups in total. The number of nitrogens with zero attached hydrogens (tertiary/aromatic N) is 2. The first-order valence-electron chi connectivity index (χ1n) is 12.1. The Bertz CT molecular complexity index is 1050. The smallest absolute Gasteiger partial charge is 0.203 e. The number of hydrogen-bond acceptors (Lipinski definition) is 7. The maximum absolute atomic E-state index is 10.3. The first kappa shape index (κ1) is 26.5. The van der Waals surface area contributed by atoms with Crippen LogP contribution in [0.15, 0.2) is 24.3 Å². The maximum Gasteiger partial charge on any atom is 0.203 e. The molecule has 1 unspecified atom stereocenters. The standard InChI is InChI=1S/C28H38N2O5/c1-30(18-14-20-10-12-24(32-3)27(35-6)25(20)33-4)17-8-16-28(19-29)15-7-9-21-22(28)11-13-23(31-2)26(21)34-5/h10-13H,7-9,14-18H2,1-6H3. The summed E-state index contributed by atoms with van der Waals surface area (Å²) in [5.74, 6) is 3.49. The summed E-state index contributed by atoms with van der Waals surface area (Å²) < 4.78 is 27.7. The van der Waals surface area contributed by atoms with E-state index in [0.717, 1.165) is 79.8 Å². The molecule has 1 aliphatic carbocycles. The molecule has 2 aromatic carbocycles. The van der Waals surface area contributed by atoms with Crippen LogP contribution < -0.4 is 23.7 Å². The van der Waals surface area contributed by atoms with Crippen molar-refractivity contribution in [1.82, 2.24) is 4.90 Å². The molecule has 190 valence electrons. The van der Waals surface area contributed by atoms with Crippen molar-refractivity contribution in [1.29, 1.82) is 5.26 Å². The summed E-state index contributed by atoms with van der Waals surface area (Å²) in [6.07, 6.45) is 5.32. The average molecular weight is 483 g/mol. The fraction of sp³-hybridized carbons (Fsp3) is 0.536. The van der Waals surface area contributed by atoms with Gasteiger partial charge in [0.2, 0.25) is 5.75 Å². The van der Waals surface area contributed by atoms with Crippen LogP contribution in [-0.2, 0) is 18.3 Å². The first-order valence-corrected chi connectivity index (χ1v) is 12.1. The third kappa shape index (κ3) is 5.43. The highest BCUT2D eigenvalue weighted by atomic mass is 16.5. The van der Waals surface area contributed by atoms with Crippen molar-refractivity contribution in [3.8, 4) is 34.8 Å². The van der Waals surface area contributed by atoms with Crippen molar-refractivity contribution >= 4 is 0 Å². The van der Waals surface area contributed by atoms with Gasteiger partial charge in [-0.3, -0.25) is 0 Å². The summed E-state index contributed by atoms with van der Waals surface area (Å²) in [4.78, 5) is 2.31. The van der Waals surface area contributed by atoms with Crippen molar-refractivity contribution in [2.24, 2.45) is 0 Å². The quantitative estimate of drug-likeness (QED) is 0.431. The molecule has 0 aliphatic heterocycles. The normalized spacial score (nSPS) is 16.9. The topological polar surface area (TPSA) is 73.2 Å². The van der Waals surface area contributed by atoms with E-state index in [1.54, 1.807) is 35.5 Å². The van der Waals surface area contributed by atoms with Crippen LogP contribution in [-0.4, -0.2) is 60.6 Å². The lowest BCUT2D eigenvalue weighted by atomic mass is 9.68. The van der Waals surface area contributed by atoms with Gasteiger partial charge in [-0.25, -0.2) is 0 Å². The van der Waals surface area contributed by atoms with Gasteiger partial charge in [-0.05, 0) is 75.4 Å². The molecule has 1 atom stereocenters. The maximum atomic E-state index is 10.3. The SMILES string of the molecule is COc1ccc2c(c1OC)CCCC2(C#N)CCCN(C)CCc1ccc(OC)c(OC)c1OC. The van der Waals surface area contributed by atoms with Gasteiger partial charge in [0, 0.05) is 12.1 Å². The summed E-state index contributed by atoms with van der Waals surface area (Å²) in [6, 6.07) is 10.6. The lowest BCUT2D eigenvalue weighted by Gasteiger charge is -2.35. The molecule has 2 aromatic rings. The van der Waals surface area contributed by atoms with Gasteiger partial charge in [-0.15, -0.1) is 0 Å². The van der Waals surface area contributed by atoms with E-state index in [-0.39, 0.29) is 0 Å². The molecule has 0 saturated carbocycles. The van der Waals surface area contributed by atoms with E-state index in [1.165, 1.54) is 0 Å². The largest absolute Gasteiger partial charge is 0.493 e. The van der Waals surface area contributed by atoms with E-state index in [4.69, 9.17) is 23.7 Å². The van der Waals surface area contributed by atoms with E-state index >= 15 is 0 Å². The number of likely N-dealkylation sites (N-methyl/N-ethyl adjacent to an activating group) is 1. The number of rotatable bonds is 12. The van der Waals surface area contributed by atoms with Crippen LogP contribution >= 0.6 is 0 Å². The van der Waals surface area contributed by atoms with Crippen molar-refractivity contribution < 1.29 is 23.7 Å². The third-order valence-electron chi connectivity index (χ3n) is 7.10. The summed E-state index contributed by atoms with van der Waals surface area (Å²) in [5, 5.41) is 10.3. The highest BCUT2D eigenvalue weighted by Crippen LogP contribution is 2.46. The summed E-state index contributed by atoms with van der Waals surface area (Å²) >= 11 is 0. The Labute approximate surface area is 209 Å². The molecule has 3 rings (SSSR count). The lowest BCUT2D eigenvalue weighted by molar-refractivity contribution is 0.300. The molecule has 0 fully saturated rings. The van der Waals surface area contributed by atoms with E-state index in [2.05, 4.69) is 24.1 Å². The van der Waals surface area contributed by atoms with Crippen molar-refractivity contribution in [2.75, 3.05) is 55.7 Å². The summed E-state index contributed by atoms with van der Waals surface area (Å²) in [5.41, 5.74) is 2.81. The minimum absolute atomic E-state index is 0.486. The summed E-state index contributed by atoms with van der Waals surface area (Å²) in [6.45, 7) is 1.77. The van der Waals surface area contributed by atoms with E-state index < -0.39 is 5.41 Å². The molecule has 0 amide bonds. The minimum Gasteiger partial charge on any atom is -0.493 e. The van der Waals surface area contributed by atoms with Gasteiger partial charge in [0.25, 0.3) is 0 Å². The zero-order valence-electron chi connectivity index (χ0n) is 21.9. The Morgan fingerprint density at radius 3 is 2.14 bits per heavy atom. The Morgan fingerprint density at radius 1 is 0.857 bits per heavy atom. The highest BCUT2D eigenvalue weighted by molar-refractivity contribution is 5.56. The van der Waals surface area contributed by atoms with Crippen LogP contribution in [0, 0.1) is 11.3 Å². The number of fused-ring (bicyclic) bond motifs is 1. The second kappa shape index (κ2) is 12.0. The Balaban J connectivity index is 1.65. The molecule has 1 aliphatic rings. The van der Waals surface area contributed by atoms with Gasteiger partial charge in [-0.2, -0.15) is 5.26 Å². The molecule has 7 nitrogen and oxygen atoms in total. The molecule has 35 heavy (non-hydrogen) atoms. The Kier molecular flexibility index (Phi) is 9.11. The summed E-state index contributed by atoms with van der Waals surface area (Å²) in [7, 11) is 10.3. The molecular weight excluding hydrogens is 444 g/mol. The molecule has 0 saturated heterocycles. The second-order valence-corrected chi connectivity index (χ2v) is 9.02. The van der Waals surface area contributed by atoms with Gasteiger partial charge in [0.15, 0.2) is 23.0 Å². The highest BCUT2D eigenvalue weighted by Gasteiger charge is 2.38. The second-order valence-electron chi connectivity index (χ2n) is 9.02. The number of hydrogen-bond donors (Lipinski definition) is 0. The molecule has 0 radical (unpaired) electrons. The first-order chi connectivity index (χ1) is 17.0. The van der Waals surface area contributed by atoms with Crippen LogP contribution in [0.2, 0.25) is 0 Å². The van der Waals surface area contributed by atoms with E-state index in [1.807, 2.05) is 18.2 Å². The Morgan fingerprint density at radius 2 is 1.51 bits per heavy atom. The number of ether oxygens (including phenoxy) is 5. The number of nitriles is 1. The molecule has 0 bridgehead atoms. The van der Waals surface area contributed by atoms with Crippen LogP contribution in [0.4, 0.5) is 0 Å². The lowest BCUT2D eigenvalue weighted by Crippen LogP contribution is -2.31. The molecule has 0 heterocycles. The predicted molar refractivity (Wildman–Crippen MR) is 136 cm³/mol. The van der Waals surface area contributed by atoms with Crippen molar-refractivity contribution in [2.45, 2.75) is 43.9 Å². The zero-order valence-corrected chi connectivity index (χ0v) is 21.9. The zero-order chi connectivity index (χ0) is 25.4. The fourth-order valence-electron chi connectivity index (χ4n) is 5.25. The van der Waals surface area contributed by atoms with Crippen LogP contribution in [0.1, 0.15) is 42.4 Å². The van der Waals surface area contributed by atoms with Crippen LogP contribution in [0.25, 0.3) is 0 Å². The van der Waals surface area contributed by atoms with Gasteiger partial charge in [-0.1, -0.05) is 12.1 Å². The van der Waals surface area contributed by atoms with Gasteiger partial charge >= 0.3 is 0 Å². The van der Waals surface area contributed by atoms with Gasteiger partial charge in [0.1, 0.15) is 0 Å².